The number of hydrogen-bond acceptors (Lipinski definition) is 9. The number of rotatable bonds is 4. The number of nitrogens with zero attached hydrogens (tertiary/aromatic N) is 5. The maximum atomic E-state index is 13.6. The van der Waals surface area contributed by atoms with Gasteiger partial charge in [-0.15, -0.1) is 11.3 Å². The number of aromatic nitrogens is 5. The molecule has 0 saturated heterocycles. The van der Waals surface area contributed by atoms with Gasteiger partial charge in [-0.1, -0.05) is 6.07 Å². The van der Waals surface area contributed by atoms with Crippen LogP contribution in [0.2, 0.25) is 0 Å². The second kappa shape index (κ2) is 15.1. The lowest BCUT2D eigenvalue weighted by Gasteiger charge is -2.22. The molecule has 0 fully saturated rings. The first-order valence-corrected chi connectivity index (χ1v) is 15.8. The van der Waals surface area contributed by atoms with Crippen LogP contribution < -0.4 is 20.7 Å². The molecule has 0 spiro atoms. The lowest BCUT2D eigenvalue weighted by atomic mass is 10.1. The summed E-state index contributed by atoms with van der Waals surface area (Å²) in [5.74, 6) is -1.71. The van der Waals surface area contributed by atoms with Crippen molar-refractivity contribution in [3.05, 3.63) is 76.6 Å². The number of aromatic amines is 1. The molecule has 1 aliphatic heterocycles. The average Bonchev–Trinajstić information content (AvgIpc) is 3.83. The fourth-order valence-electron chi connectivity index (χ4n) is 4.87. The van der Waals surface area contributed by atoms with E-state index in [1.165, 1.54) is 29.6 Å². The van der Waals surface area contributed by atoms with Crippen molar-refractivity contribution >= 4 is 35.0 Å². The van der Waals surface area contributed by atoms with Crippen LogP contribution in [-0.2, 0) is 22.2 Å². The molecule has 3 aromatic heterocycles. The molecule has 5 rings (SSSR count). The number of alkyl halides is 3. The Hall–Kier alpha value is -5.26. The third-order valence-corrected chi connectivity index (χ3v) is 8.00. The number of carbonyl (C=O) groups excluding carboxylic acids is 4. The molecule has 254 valence electrons. The summed E-state index contributed by atoms with van der Waals surface area (Å²) in [4.78, 5) is 64.9. The molecule has 1 atom stereocenters. The van der Waals surface area contributed by atoms with Gasteiger partial charge in [0.15, 0.2) is 5.69 Å². The molecule has 1 aromatic carbocycles. The van der Waals surface area contributed by atoms with Crippen LogP contribution in [0.4, 0.5) is 13.2 Å². The molecule has 4 aromatic rings. The summed E-state index contributed by atoms with van der Waals surface area (Å²) in [5, 5.41) is 13.3. The number of fused-ring (bicyclic) bond motifs is 2. The molecule has 1 aliphatic rings. The van der Waals surface area contributed by atoms with Crippen LogP contribution in [0.1, 0.15) is 50.8 Å². The lowest BCUT2D eigenvalue weighted by molar-refractivity contribution is -0.142. The minimum atomic E-state index is -4.69. The first-order chi connectivity index (χ1) is 23.0. The van der Waals surface area contributed by atoms with Gasteiger partial charge in [0.1, 0.15) is 24.1 Å². The molecule has 4 amide bonds. The molecular formula is C30H32F3N9O5S. The Morgan fingerprint density at radius 1 is 1.12 bits per heavy atom. The van der Waals surface area contributed by atoms with Crippen molar-refractivity contribution in [2.45, 2.75) is 38.4 Å². The van der Waals surface area contributed by atoms with Gasteiger partial charge < -0.3 is 30.6 Å². The topological polar surface area (TPSA) is 176 Å². The predicted molar refractivity (Wildman–Crippen MR) is 166 cm³/mol. The Kier molecular flexibility index (Phi) is 10.7. The third kappa shape index (κ3) is 8.75. The predicted octanol–water partition coefficient (Wildman–Crippen LogP) is 2.27. The zero-order valence-electron chi connectivity index (χ0n) is 25.7. The first-order valence-electron chi connectivity index (χ1n) is 14.9. The number of nitrogens with one attached hydrogen (secondary N) is 4. The fourth-order valence-corrected chi connectivity index (χ4v) is 5.63. The normalized spacial score (nSPS) is 17.3. The van der Waals surface area contributed by atoms with Crippen molar-refractivity contribution in [3.8, 4) is 10.9 Å². The molecular weight excluding hydrogens is 655 g/mol. The van der Waals surface area contributed by atoms with Crippen LogP contribution in [0.5, 0.6) is 5.75 Å². The summed E-state index contributed by atoms with van der Waals surface area (Å²) >= 11 is 0.812. The van der Waals surface area contributed by atoms with Crippen molar-refractivity contribution in [1.29, 1.82) is 0 Å². The Bertz CT molecular complexity index is 1760. The van der Waals surface area contributed by atoms with Gasteiger partial charge in [-0.2, -0.15) is 18.3 Å². The van der Waals surface area contributed by atoms with Crippen LogP contribution in [0, 0.1) is 6.92 Å². The summed E-state index contributed by atoms with van der Waals surface area (Å²) in [6, 6.07) is 6.32. The maximum absolute atomic E-state index is 13.6. The van der Waals surface area contributed by atoms with Gasteiger partial charge in [0, 0.05) is 42.3 Å². The van der Waals surface area contributed by atoms with E-state index in [1.54, 1.807) is 24.4 Å². The van der Waals surface area contributed by atoms with Crippen molar-refractivity contribution in [1.82, 2.24) is 45.6 Å². The van der Waals surface area contributed by atoms with E-state index >= 15 is 0 Å². The standard InChI is InChI=1S/C30H32F3N9O5S/c1-18-11-24(30(31,32)33)42(40-18)29-39-23(16-48-29)28(46)41-9-3-2-7-36-27(45)22(13-20-14-34-17-37-20)38-26(44)19-5-4-6-21(12-19)47-10-8-35-25(43)15-41/h4-6,11-12,14,16-17,22H,2-3,7-10,13,15H2,1H3,(H,34,37)(H,35,43)(H,36,45)(H,38,44)/t22-/m0/s1. The van der Waals surface area contributed by atoms with E-state index in [9.17, 15) is 32.3 Å². The van der Waals surface area contributed by atoms with Crippen molar-refractivity contribution in [2.24, 2.45) is 0 Å². The van der Waals surface area contributed by atoms with Crippen LogP contribution in [0.25, 0.3) is 5.13 Å². The Morgan fingerprint density at radius 2 is 1.96 bits per heavy atom. The zero-order chi connectivity index (χ0) is 34.3. The van der Waals surface area contributed by atoms with Gasteiger partial charge >= 0.3 is 6.18 Å². The number of amides is 4. The minimum absolute atomic E-state index is 0.0515. The highest BCUT2D eigenvalue weighted by atomic mass is 32.1. The second-order valence-corrected chi connectivity index (χ2v) is 11.7. The monoisotopic (exact) mass is 687 g/mol. The smallest absolute Gasteiger partial charge is 0.433 e. The summed E-state index contributed by atoms with van der Waals surface area (Å²) < 4.78 is 47.0. The van der Waals surface area contributed by atoms with Gasteiger partial charge in [0.2, 0.25) is 16.9 Å². The molecule has 48 heavy (non-hydrogen) atoms. The van der Waals surface area contributed by atoms with Gasteiger partial charge in [-0.05, 0) is 44.0 Å². The summed E-state index contributed by atoms with van der Waals surface area (Å²) in [6.45, 7) is 1.48. The zero-order valence-corrected chi connectivity index (χ0v) is 26.5. The number of benzene rings is 1. The highest BCUT2D eigenvalue weighted by Crippen LogP contribution is 2.32. The number of thiazole rings is 1. The van der Waals surface area contributed by atoms with Gasteiger partial charge in [-0.3, -0.25) is 19.2 Å². The van der Waals surface area contributed by atoms with Gasteiger partial charge in [-0.25, -0.2) is 14.6 Å². The Labute approximate surface area is 276 Å². The summed E-state index contributed by atoms with van der Waals surface area (Å²) in [6.07, 6.45) is -0.745. The van der Waals surface area contributed by atoms with Crippen LogP contribution in [0.3, 0.4) is 0 Å². The van der Waals surface area contributed by atoms with Crippen LogP contribution >= 0.6 is 11.3 Å². The number of carbonyl (C=O) groups is 4. The van der Waals surface area contributed by atoms with E-state index < -0.39 is 41.5 Å². The lowest BCUT2D eigenvalue weighted by Crippen LogP contribution is -2.48. The Morgan fingerprint density at radius 3 is 2.73 bits per heavy atom. The van der Waals surface area contributed by atoms with E-state index in [2.05, 4.69) is 36.0 Å². The van der Waals surface area contributed by atoms with E-state index in [1.807, 2.05) is 0 Å². The van der Waals surface area contributed by atoms with Crippen molar-refractivity contribution in [3.63, 3.8) is 0 Å². The number of H-pyrrole nitrogens is 1. The van der Waals surface area contributed by atoms with Gasteiger partial charge in [0.05, 0.1) is 25.1 Å². The van der Waals surface area contributed by atoms with E-state index in [0.29, 0.717) is 29.0 Å². The first kappa shape index (κ1) is 34.1. The number of hydrogen-bond donors (Lipinski definition) is 4. The molecule has 0 saturated carbocycles. The van der Waals surface area contributed by atoms with Crippen LogP contribution in [0.15, 0.2) is 48.2 Å². The largest absolute Gasteiger partial charge is 0.492 e. The molecule has 0 unspecified atom stereocenters. The third-order valence-electron chi connectivity index (χ3n) is 7.18. The maximum Gasteiger partial charge on any atom is 0.433 e. The quantitative estimate of drug-likeness (QED) is 0.253. The van der Waals surface area contributed by atoms with E-state index in [0.717, 1.165) is 17.4 Å². The number of imidazole rings is 1. The summed E-state index contributed by atoms with van der Waals surface area (Å²) in [7, 11) is 0. The summed E-state index contributed by atoms with van der Waals surface area (Å²) in [5.41, 5.74) is -0.129. The molecule has 18 heteroatoms. The number of halogens is 3. The minimum Gasteiger partial charge on any atom is -0.492 e. The molecule has 0 aliphatic carbocycles. The molecule has 2 bridgehead atoms. The van der Waals surface area contributed by atoms with Crippen molar-refractivity contribution < 1.29 is 37.1 Å². The number of ether oxygens (including phenoxy) is 1. The second-order valence-electron chi connectivity index (χ2n) is 10.9. The highest BCUT2D eigenvalue weighted by molar-refractivity contribution is 7.12. The number of aryl methyl sites for hydroxylation is 1. The highest BCUT2D eigenvalue weighted by Gasteiger charge is 2.37. The Balaban J connectivity index is 1.31. The van der Waals surface area contributed by atoms with E-state index in [4.69, 9.17) is 4.74 Å². The van der Waals surface area contributed by atoms with Crippen molar-refractivity contribution in [2.75, 3.05) is 32.8 Å². The molecule has 14 nitrogen and oxygen atoms in total. The fraction of sp³-hybridized carbons (Fsp3) is 0.367. The van der Waals surface area contributed by atoms with Crippen LogP contribution in [-0.4, -0.2) is 92.1 Å². The molecule has 4 heterocycles. The molecule has 4 N–H and O–H groups in total. The van der Waals surface area contributed by atoms with E-state index in [-0.39, 0.29) is 61.3 Å². The van der Waals surface area contributed by atoms with Gasteiger partial charge in [0.25, 0.3) is 11.8 Å². The SMILES string of the molecule is Cc1cc(C(F)(F)F)n(-c2nc(C(=O)N3CCCCNC(=O)[C@H](Cc4cnc[nH]4)NC(=O)c4cccc(c4)OCCNC(=O)C3)cs2)n1. The average molecular weight is 688 g/mol. The molecule has 0 radical (unpaired) electrons.